The minimum atomic E-state index is -0.172. The van der Waals surface area contributed by atoms with Crippen molar-refractivity contribution in [3.8, 4) is 5.75 Å². The Labute approximate surface area is 159 Å². The molecule has 2 atom stereocenters. The van der Waals surface area contributed by atoms with E-state index in [1.807, 2.05) is 18.9 Å². The highest BCUT2D eigenvalue weighted by Gasteiger charge is 2.58. The Kier molecular flexibility index (Phi) is 4.72. The Morgan fingerprint density at radius 2 is 2.19 bits per heavy atom. The molecule has 7 nitrogen and oxygen atoms in total. The van der Waals surface area contributed by atoms with Crippen molar-refractivity contribution in [2.24, 2.45) is 5.41 Å². The van der Waals surface area contributed by atoms with Crippen LogP contribution in [0.1, 0.15) is 39.0 Å². The van der Waals surface area contributed by atoms with E-state index in [9.17, 15) is 9.59 Å². The highest BCUT2D eigenvalue weighted by molar-refractivity contribution is 5.96. The van der Waals surface area contributed by atoms with Crippen molar-refractivity contribution in [3.63, 3.8) is 0 Å². The zero-order chi connectivity index (χ0) is 19.0. The van der Waals surface area contributed by atoms with Crippen molar-refractivity contribution in [1.29, 1.82) is 0 Å². The molecule has 1 aromatic rings. The van der Waals surface area contributed by atoms with Gasteiger partial charge in [-0.15, -0.1) is 0 Å². The molecule has 146 valence electrons. The van der Waals surface area contributed by atoms with Gasteiger partial charge in [-0.2, -0.15) is 0 Å². The predicted octanol–water partition coefficient (Wildman–Crippen LogP) is 3.22. The molecule has 7 heteroatoms. The Morgan fingerprint density at radius 1 is 1.41 bits per heavy atom. The molecule has 0 bridgehead atoms. The molecule has 0 aromatic heterocycles. The van der Waals surface area contributed by atoms with Crippen LogP contribution in [-0.2, 0) is 9.53 Å². The van der Waals surface area contributed by atoms with Crippen molar-refractivity contribution < 1.29 is 19.1 Å². The maximum absolute atomic E-state index is 12.8. The second-order valence-electron chi connectivity index (χ2n) is 7.72. The first-order chi connectivity index (χ1) is 13.0. The number of anilines is 2. The minimum Gasteiger partial charge on any atom is -0.482 e. The number of amides is 3. The van der Waals surface area contributed by atoms with Crippen LogP contribution in [0.25, 0.3) is 0 Å². The molecule has 27 heavy (non-hydrogen) atoms. The fourth-order valence-electron chi connectivity index (χ4n) is 4.90. The largest absolute Gasteiger partial charge is 0.482 e. The molecular formula is C20H27N3O4. The molecule has 4 rings (SSSR count). The number of carbonyl (C=O) groups excluding carboxylic acids is 2. The zero-order valence-electron chi connectivity index (χ0n) is 15.9. The maximum Gasteiger partial charge on any atom is 0.321 e. The number of urea groups is 1. The lowest BCUT2D eigenvalue weighted by Gasteiger charge is -2.56. The van der Waals surface area contributed by atoms with E-state index in [1.54, 1.807) is 18.2 Å². The molecule has 2 N–H and O–H groups in total. The van der Waals surface area contributed by atoms with E-state index in [1.165, 1.54) is 12.8 Å². The highest BCUT2D eigenvalue weighted by Crippen LogP contribution is 2.56. The first kappa shape index (κ1) is 18.1. The number of fused-ring (bicyclic) bond motifs is 1. The van der Waals surface area contributed by atoms with E-state index >= 15 is 0 Å². The van der Waals surface area contributed by atoms with Gasteiger partial charge in [0, 0.05) is 36.9 Å². The van der Waals surface area contributed by atoms with Crippen LogP contribution in [0.2, 0.25) is 0 Å². The molecular weight excluding hydrogens is 346 g/mol. The molecule has 1 spiro atoms. The number of hydrogen-bond donors (Lipinski definition) is 2. The van der Waals surface area contributed by atoms with Gasteiger partial charge in [0.05, 0.1) is 11.8 Å². The van der Waals surface area contributed by atoms with Gasteiger partial charge in [0.2, 0.25) is 0 Å². The number of ether oxygens (including phenoxy) is 2. The Bertz CT molecular complexity index is 745. The zero-order valence-corrected chi connectivity index (χ0v) is 15.9. The second kappa shape index (κ2) is 7.03. The maximum atomic E-state index is 12.8. The van der Waals surface area contributed by atoms with Gasteiger partial charge < -0.3 is 25.0 Å². The number of benzene rings is 1. The average molecular weight is 373 g/mol. The summed E-state index contributed by atoms with van der Waals surface area (Å²) in [6.45, 7) is 2.75. The lowest BCUT2D eigenvalue weighted by Crippen LogP contribution is -2.64. The third-order valence-corrected chi connectivity index (χ3v) is 6.30. The van der Waals surface area contributed by atoms with Gasteiger partial charge in [0.15, 0.2) is 6.61 Å². The summed E-state index contributed by atoms with van der Waals surface area (Å²) in [7, 11) is 1.87. The van der Waals surface area contributed by atoms with Crippen LogP contribution in [0.15, 0.2) is 18.2 Å². The predicted molar refractivity (Wildman–Crippen MR) is 102 cm³/mol. The first-order valence-electron chi connectivity index (χ1n) is 9.75. The smallest absolute Gasteiger partial charge is 0.321 e. The molecule has 1 heterocycles. The van der Waals surface area contributed by atoms with Crippen molar-refractivity contribution in [2.45, 2.75) is 51.2 Å². The van der Waals surface area contributed by atoms with Crippen LogP contribution in [0.4, 0.5) is 16.2 Å². The molecule has 2 fully saturated rings. The highest BCUT2D eigenvalue weighted by atomic mass is 16.5. The van der Waals surface area contributed by atoms with E-state index < -0.39 is 0 Å². The summed E-state index contributed by atoms with van der Waals surface area (Å²) < 4.78 is 11.4. The van der Waals surface area contributed by atoms with Crippen LogP contribution < -0.4 is 15.4 Å². The summed E-state index contributed by atoms with van der Waals surface area (Å²) in [5.74, 6) is 0.400. The molecule has 1 aromatic carbocycles. The normalized spacial score (nSPS) is 25.2. The van der Waals surface area contributed by atoms with E-state index in [-0.39, 0.29) is 36.1 Å². The van der Waals surface area contributed by atoms with Crippen LogP contribution >= 0.6 is 0 Å². The lowest BCUT2D eigenvalue weighted by molar-refractivity contribution is -0.150. The van der Waals surface area contributed by atoms with Gasteiger partial charge >= 0.3 is 6.03 Å². The summed E-state index contributed by atoms with van der Waals surface area (Å²) in [6.07, 6.45) is 5.86. The standard InChI is InChI=1S/C20H27N3O4/c1-3-26-17-11-16(20(17)8-4-5-9-20)23(2)19(25)21-13-6-7-14-15(10-13)27-12-18(24)22-14/h6-7,10,16-17H,3-5,8-9,11-12H2,1-2H3,(H,21,25)(H,22,24). The quantitative estimate of drug-likeness (QED) is 0.849. The molecule has 2 saturated carbocycles. The molecule has 2 unspecified atom stereocenters. The second-order valence-corrected chi connectivity index (χ2v) is 7.72. The van der Waals surface area contributed by atoms with Gasteiger partial charge in [-0.25, -0.2) is 4.79 Å². The summed E-state index contributed by atoms with van der Waals surface area (Å²) in [5.41, 5.74) is 1.40. The third kappa shape index (κ3) is 3.14. The first-order valence-corrected chi connectivity index (χ1v) is 9.75. The van der Waals surface area contributed by atoms with Crippen LogP contribution in [0.5, 0.6) is 5.75 Å². The molecule has 3 aliphatic rings. The van der Waals surface area contributed by atoms with Gasteiger partial charge in [-0.05, 0) is 38.3 Å². The van der Waals surface area contributed by atoms with E-state index in [2.05, 4.69) is 10.6 Å². The van der Waals surface area contributed by atoms with E-state index in [4.69, 9.17) is 9.47 Å². The van der Waals surface area contributed by atoms with Gasteiger partial charge in [0.1, 0.15) is 5.75 Å². The summed E-state index contributed by atoms with van der Waals surface area (Å²) in [5, 5.41) is 5.71. The monoisotopic (exact) mass is 373 g/mol. The van der Waals surface area contributed by atoms with Crippen molar-refractivity contribution >= 4 is 23.3 Å². The van der Waals surface area contributed by atoms with Crippen molar-refractivity contribution in [1.82, 2.24) is 4.90 Å². The molecule has 0 radical (unpaired) electrons. The number of hydrogen-bond acceptors (Lipinski definition) is 4. The third-order valence-electron chi connectivity index (χ3n) is 6.30. The van der Waals surface area contributed by atoms with Crippen molar-refractivity contribution in [2.75, 3.05) is 30.9 Å². The number of rotatable bonds is 4. The van der Waals surface area contributed by atoms with E-state index in [0.29, 0.717) is 17.1 Å². The lowest BCUT2D eigenvalue weighted by atomic mass is 9.60. The fraction of sp³-hybridized carbons (Fsp3) is 0.600. The SMILES string of the molecule is CCOC1CC(N(C)C(=O)Nc2ccc3c(c2)OCC(=O)N3)C12CCCC2. The van der Waals surface area contributed by atoms with Gasteiger partial charge in [0.25, 0.3) is 5.91 Å². The van der Waals surface area contributed by atoms with Gasteiger partial charge in [-0.3, -0.25) is 4.79 Å². The summed E-state index contributed by atoms with van der Waals surface area (Å²) >= 11 is 0. The fourth-order valence-corrected chi connectivity index (χ4v) is 4.90. The Morgan fingerprint density at radius 3 is 2.93 bits per heavy atom. The summed E-state index contributed by atoms with van der Waals surface area (Å²) in [6, 6.07) is 5.35. The Hall–Kier alpha value is -2.28. The van der Waals surface area contributed by atoms with Gasteiger partial charge in [-0.1, -0.05) is 12.8 Å². The average Bonchev–Trinajstić information content (AvgIpc) is 3.17. The van der Waals surface area contributed by atoms with E-state index in [0.717, 1.165) is 25.9 Å². The number of nitrogens with one attached hydrogen (secondary N) is 2. The minimum absolute atomic E-state index is 0.00624. The summed E-state index contributed by atoms with van der Waals surface area (Å²) in [4.78, 5) is 26.0. The topological polar surface area (TPSA) is 79.9 Å². The molecule has 1 aliphatic heterocycles. The van der Waals surface area contributed by atoms with Crippen molar-refractivity contribution in [3.05, 3.63) is 18.2 Å². The van der Waals surface area contributed by atoms with Crippen LogP contribution in [0.3, 0.4) is 0 Å². The van der Waals surface area contributed by atoms with Crippen LogP contribution in [-0.4, -0.2) is 49.2 Å². The Balaban J connectivity index is 1.43. The molecule has 2 aliphatic carbocycles. The number of carbonyl (C=O) groups is 2. The number of nitrogens with zero attached hydrogens (tertiary/aromatic N) is 1. The molecule has 0 saturated heterocycles. The molecule has 3 amide bonds. The van der Waals surface area contributed by atoms with Crippen LogP contribution in [0, 0.1) is 5.41 Å².